The number of aliphatic hydroxyl groups excluding tert-OH is 1. The predicted octanol–water partition coefficient (Wildman–Crippen LogP) is 2.25. The van der Waals surface area contributed by atoms with Gasteiger partial charge in [-0.2, -0.15) is 10.4 Å². The number of nitriles is 1. The van der Waals surface area contributed by atoms with Crippen LogP contribution < -0.4 is 0 Å². The molecule has 1 aromatic heterocycles. The van der Waals surface area contributed by atoms with Gasteiger partial charge in [-0.05, 0) is 30.9 Å². The third kappa shape index (κ3) is 1.91. The van der Waals surface area contributed by atoms with Gasteiger partial charge in [0.05, 0.1) is 17.7 Å². The van der Waals surface area contributed by atoms with Gasteiger partial charge in [0.15, 0.2) is 0 Å². The lowest BCUT2D eigenvalue weighted by Gasteiger charge is -2.26. The molecule has 1 heterocycles. The highest BCUT2D eigenvalue weighted by molar-refractivity contribution is 5.39. The van der Waals surface area contributed by atoms with Gasteiger partial charge in [0.2, 0.25) is 0 Å². The summed E-state index contributed by atoms with van der Waals surface area (Å²) < 4.78 is 1.77. The average Bonchev–Trinajstić information content (AvgIpc) is 3.11. The Morgan fingerprint density at radius 2 is 2.05 bits per heavy atom. The number of rotatable bonds is 3. The van der Waals surface area contributed by atoms with Gasteiger partial charge in [-0.15, -0.1) is 0 Å². The standard InChI is InChI=1S/C16H17N3O/c1-2-19-10-14(9-18-19)15(20)16(11-17)7-12-5-3-4-6-13(12)8-16/h3-6,9-10,15,20H,2,7-8H2,1H3. The van der Waals surface area contributed by atoms with Crippen molar-refractivity contribution in [3.63, 3.8) is 0 Å². The minimum absolute atomic E-state index is 0.595. The van der Waals surface area contributed by atoms with Crippen LogP contribution in [0.4, 0.5) is 0 Å². The molecule has 0 saturated carbocycles. The Morgan fingerprint density at radius 3 is 2.55 bits per heavy atom. The second-order valence-corrected chi connectivity index (χ2v) is 5.42. The van der Waals surface area contributed by atoms with Crippen LogP contribution in [0, 0.1) is 16.7 Å². The molecule has 0 spiro atoms. The number of hydrogen-bond acceptors (Lipinski definition) is 3. The van der Waals surface area contributed by atoms with Crippen LogP contribution in [0.25, 0.3) is 0 Å². The molecule has 102 valence electrons. The maximum Gasteiger partial charge on any atom is 0.101 e. The fourth-order valence-electron chi connectivity index (χ4n) is 2.99. The maximum atomic E-state index is 10.7. The molecule has 4 nitrogen and oxygen atoms in total. The normalized spacial score (nSPS) is 17.4. The molecule has 1 aliphatic carbocycles. The van der Waals surface area contributed by atoms with Crippen molar-refractivity contribution in [2.45, 2.75) is 32.4 Å². The summed E-state index contributed by atoms with van der Waals surface area (Å²) >= 11 is 0. The van der Waals surface area contributed by atoms with Crippen LogP contribution in [0.2, 0.25) is 0 Å². The van der Waals surface area contributed by atoms with Crippen LogP contribution in [0.3, 0.4) is 0 Å². The molecule has 3 rings (SSSR count). The van der Waals surface area contributed by atoms with Crippen molar-refractivity contribution in [2.24, 2.45) is 5.41 Å². The van der Waals surface area contributed by atoms with Gasteiger partial charge in [-0.3, -0.25) is 4.68 Å². The van der Waals surface area contributed by atoms with Crippen LogP contribution in [-0.2, 0) is 19.4 Å². The summed E-state index contributed by atoms with van der Waals surface area (Å²) in [6.07, 6.45) is 3.87. The van der Waals surface area contributed by atoms with Crippen LogP contribution >= 0.6 is 0 Å². The topological polar surface area (TPSA) is 61.8 Å². The number of aliphatic hydroxyl groups is 1. The molecule has 0 bridgehead atoms. The summed E-state index contributed by atoms with van der Waals surface area (Å²) in [5, 5.41) is 24.5. The van der Waals surface area contributed by atoms with Crippen molar-refractivity contribution in [1.82, 2.24) is 9.78 Å². The first-order chi connectivity index (χ1) is 9.68. The molecule has 0 saturated heterocycles. The van der Waals surface area contributed by atoms with E-state index in [1.54, 1.807) is 10.9 Å². The third-order valence-electron chi connectivity index (χ3n) is 4.17. The van der Waals surface area contributed by atoms with Crippen molar-refractivity contribution < 1.29 is 5.11 Å². The summed E-state index contributed by atoms with van der Waals surface area (Å²) in [5.41, 5.74) is 2.28. The summed E-state index contributed by atoms with van der Waals surface area (Å²) in [6.45, 7) is 2.75. The average molecular weight is 267 g/mol. The molecule has 20 heavy (non-hydrogen) atoms. The Morgan fingerprint density at radius 1 is 1.40 bits per heavy atom. The van der Waals surface area contributed by atoms with E-state index < -0.39 is 11.5 Å². The van der Waals surface area contributed by atoms with Crippen molar-refractivity contribution in [1.29, 1.82) is 5.26 Å². The van der Waals surface area contributed by atoms with E-state index in [1.807, 2.05) is 37.4 Å². The SMILES string of the molecule is CCn1cc(C(O)C2(C#N)Cc3ccccc3C2)cn1. The fourth-order valence-corrected chi connectivity index (χ4v) is 2.99. The van der Waals surface area contributed by atoms with Gasteiger partial charge in [0.1, 0.15) is 6.10 Å². The maximum absolute atomic E-state index is 10.7. The van der Waals surface area contributed by atoms with Gasteiger partial charge < -0.3 is 5.11 Å². The first-order valence-electron chi connectivity index (χ1n) is 6.87. The van der Waals surface area contributed by atoms with E-state index >= 15 is 0 Å². The smallest absolute Gasteiger partial charge is 0.101 e. The lowest BCUT2D eigenvalue weighted by atomic mass is 9.78. The number of benzene rings is 1. The molecule has 2 aromatic rings. The minimum atomic E-state index is -0.805. The van der Waals surface area contributed by atoms with E-state index in [-0.39, 0.29) is 0 Å². The van der Waals surface area contributed by atoms with Gasteiger partial charge in [0, 0.05) is 18.3 Å². The first kappa shape index (κ1) is 12.9. The molecule has 0 radical (unpaired) electrons. The molecule has 1 atom stereocenters. The zero-order chi connectivity index (χ0) is 14.2. The summed E-state index contributed by atoms with van der Waals surface area (Å²) in [4.78, 5) is 0. The van der Waals surface area contributed by atoms with E-state index in [0.29, 0.717) is 12.8 Å². The fraction of sp³-hybridized carbons (Fsp3) is 0.375. The zero-order valence-corrected chi connectivity index (χ0v) is 11.5. The monoisotopic (exact) mass is 267 g/mol. The van der Waals surface area contributed by atoms with E-state index in [4.69, 9.17) is 0 Å². The van der Waals surface area contributed by atoms with Crippen LogP contribution in [0.1, 0.15) is 29.7 Å². The van der Waals surface area contributed by atoms with E-state index in [9.17, 15) is 10.4 Å². The quantitative estimate of drug-likeness (QED) is 0.927. The molecule has 4 heteroatoms. The highest BCUT2D eigenvalue weighted by Gasteiger charge is 2.44. The Kier molecular flexibility index (Phi) is 3.07. The Hall–Kier alpha value is -2.12. The molecule has 1 unspecified atom stereocenters. The summed E-state index contributed by atoms with van der Waals surface area (Å²) in [6, 6.07) is 10.4. The van der Waals surface area contributed by atoms with Crippen LogP contribution in [0.5, 0.6) is 0 Å². The molecular formula is C16H17N3O. The van der Waals surface area contributed by atoms with Crippen LogP contribution in [0.15, 0.2) is 36.7 Å². The molecule has 1 N–H and O–H groups in total. The lowest BCUT2D eigenvalue weighted by molar-refractivity contribution is 0.0693. The minimum Gasteiger partial charge on any atom is -0.387 e. The Balaban J connectivity index is 1.94. The number of aromatic nitrogens is 2. The molecule has 0 amide bonds. The second kappa shape index (κ2) is 4.77. The van der Waals surface area contributed by atoms with Crippen molar-refractivity contribution >= 4 is 0 Å². The van der Waals surface area contributed by atoms with E-state index in [0.717, 1.165) is 23.2 Å². The van der Waals surface area contributed by atoms with Gasteiger partial charge in [0.25, 0.3) is 0 Å². The van der Waals surface area contributed by atoms with E-state index in [2.05, 4.69) is 11.2 Å². The van der Waals surface area contributed by atoms with Gasteiger partial charge in [-0.1, -0.05) is 24.3 Å². The predicted molar refractivity (Wildman–Crippen MR) is 74.8 cm³/mol. The molecule has 1 aromatic carbocycles. The molecule has 0 aliphatic heterocycles. The van der Waals surface area contributed by atoms with Gasteiger partial charge in [-0.25, -0.2) is 0 Å². The number of hydrogen-bond donors (Lipinski definition) is 1. The summed E-state index contributed by atoms with van der Waals surface area (Å²) in [7, 11) is 0. The highest BCUT2D eigenvalue weighted by atomic mass is 16.3. The van der Waals surface area contributed by atoms with Crippen molar-refractivity contribution in [2.75, 3.05) is 0 Å². The first-order valence-corrected chi connectivity index (χ1v) is 6.87. The molecule has 0 fully saturated rings. The zero-order valence-electron chi connectivity index (χ0n) is 11.5. The Labute approximate surface area is 118 Å². The third-order valence-corrected chi connectivity index (χ3v) is 4.17. The number of fused-ring (bicyclic) bond motifs is 1. The van der Waals surface area contributed by atoms with E-state index in [1.165, 1.54) is 0 Å². The van der Waals surface area contributed by atoms with Gasteiger partial charge >= 0.3 is 0 Å². The molecular weight excluding hydrogens is 250 g/mol. The Bertz CT molecular complexity index is 643. The number of nitrogens with zero attached hydrogens (tertiary/aromatic N) is 3. The van der Waals surface area contributed by atoms with Crippen molar-refractivity contribution in [3.05, 3.63) is 53.3 Å². The second-order valence-electron chi connectivity index (χ2n) is 5.42. The van der Waals surface area contributed by atoms with Crippen molar-refractivity contribution in [3.8, 4) is 6.07 Å². The lowest BCUT2D eigenvalue weighted by Crippen LogP contribution is -2.28. The largest absolute Gasteiger partial charge is 0.387 e. The number of aryl methyl sites for hydroxylation is 1. The van der Waals surface area contributed by atoms with Crippen LogP contribution in [-0.4, -0.2) is 14.9 Å². The summed E-state index contributed by atoms with van der Waals surface area (Å²) in [5.74, 6) is 0. The molecule has 1 aliphatic rings. The highest BCUT2D eigenvalue weighted by Crippen LogP contribution is 2.45.